The van der Waals surface area contributed by atoms with Gasteiger partial charge in [0.25, 0.3) is 5.56 Å². The van der Waals surface area contributed by atoms with Gasteiger partial charge in [0.2, 0.25) is 0 Å². The molecule has 0 saturated carbocycles. The van der Waals surface area contributed by atoms with Crippen LogP contribution in [0.5, 0.6) is 5.75 Å². The van der Waals surface area contributed by atoms with E-state index in [1.807, 2.05) is 0 Å². The van der Waals surface area contributed by atoms with Gasteiger partial charge in [-0.15, -0.1) is 0 Å². The summed E-state index contributed by atoms with van der Waals surface area (Å²) in [6.45, 7) is 0. The smallest absolute Gasteiger partial charge is 0.348 e. The predicted octanol–water partition coefficient (Wildman–Crippen LogP) is 2.04. The summed E-state index contributed by atoms with van der Waals surface area (Å²) in [5.74, 6) is 0.160. The second-order valence-electron chi connectivity index (χ2n) is 3.71. The number of esters is 1. The van der Waals surface area contributed by atoms with Crippen LogP contribution in [0.3, 0.4) is 0 Å². The molecule has 1 heterocycles. The quantitative estimate of drug-likeness (QED) is 0.869. The first-order chi connectivity index (χ1) is 9.62. The number of nitrogens with one attached hydrogen (secondary N) is 1. The number of hydrogen-bond acceptors (Lipinski definition) is 7. The minimum atomic E-state index is -0.563. The summed E-state index contributed by atoms with van der Waals surface area (Å²) in [5, 5.41) is 3.28. The van der Waals surface area contributed by atoms with Crippen molar-refractivity contribution < 1.29 is 14.3 Å². The van der Waals surface area contributed by atoms with E-state index >= 15 is 0 Å². The Bertz CT molecular complexity index is 667. The Morgan fingerprint density at radius 1 is 1.25 bits per heavy atom. The Kier molecular flexibility index (Phi) is 4.31. The number of carbonyl (C=O) groups excluding carboxylic acids is 1. The van der Waals surface area contributed by atoms with Gasteiger partial charge in [0.1, 0.15) is 10.6 Å². The summed E-state index contributed by atoms with van der Waals surface area (Å²) in [4.78, 5) is 26.9. The van der Waals surface area contributed by atoms with Gasteiger partial charge in [-0.25, -0.2) is 4.79 Å². The average Bonchev–Trinajstić information content (AvgIpc) is 2.46. The Morgan fingerprint density at radius 3 is 2.55 bits per heavy atom. The van der Waals surface area contributed by atoms with E-state index in [-0.39, 0.29) is 4.88 Å². The van der Waals surface area contributed by atoms with Crippen molar-refractivity contribution in [3.05, 3.63) is 45.6 Å². The summed E-state index contributed by atoms with van der Waals surface area (Å²) < 4.78 is 9.64. The van der Waals surface area contributed by atoms with E-state index < -0.39 is 11.5 Å². The van der Waals surface area contributed by atoms with Crippen molar-refractivity contribution in [3.8, 4) is 5.75 Å². The number of ether oxygens (including phenoxy) is 2. The van der Waals surface area contributed by atoms with Gasteiger partial charge in [0, 0.05) is 11.8 Å². The third kappa shape index (κ3) is 3.33. The maximum atomic E-state index is 11.4. The highest BCUT2D eigenvalue weighted by Crippen LogP contribution is 2.22. The molecule has 1 N–H and O–H groups in total. The largest absolute Gasteiger partial charge is 0.497 e. The summed E-state index contributed by atoms with van der Waals surface area (Å²) in [5.41, 5.74) is 0.233. The second kappa shape index (κ2) is 6.16. The van der Waals surface area contributed by atoms with Crippen molar-refractivity contribution in [2.75, 3.05) is 19.5 Å². The van der Waals surface area contributed by atoms with Crippen molar-refractivity contribution in [1.82, 2.24) is 4.98 Å². The fraction of sp³-hybridized carbons (Fsp3) is 0.154. The summed E-state index contributed by atoms with van der Waals surface area (Å²) in [6.07, 6.45) is 0. The van der Waals surface area contributed by atoms with Crippen LogP contribution in [-0.4, -0.2) is 25.2 Å². The molecule has 2 aromatic rings. The molecule has 0 bridgehead atoms. The number of methoxy groups -OCH3 is 2. The van der Waals surface area contributed by atoms with Gasteiger partial charge in [-0.05, 0) is 24.3 Å². The molecule has 104 valence electrons. The molecule has 6 nitrogen and oxygen atoms in total. The highest BCUT2D eigenvalue weighted by Gasteiger charge is 2.10. The van der Waals surface area contributed by atoms with Crippen LogP contribution in [0.15, 0.2) is 35.1 Å². The van der Waals surface area contributed by atoms with E-state index in [0.717, 1.165) is 28.8 Å². The van der Waals surface area contributed by atoms with Gasteiger partial charge in [0.05, 0.1) is 14.2 Å². The number of carbonyl (C=O) groups is 1. The van der Waals surface area contributed by atoms with E-state index in [4.69, 9.17) is 4.74 Å². The predicted molar refractivity (Wildman–Crippen MR) is 76.0 cm³/mol. The average molecular weight is 292 g/mol. The molecule has 0 spiro atoms. The van der Waals surface area contributed by atoms with Gasteiger partial charge in [0.15, 0.2) is 5.13 Å². The van der Waals surface area contributed by atoms with Gasteiger partial charge in [-0.2, -0.15) is 4.98 Å². The van der Waals surface area contributed by atoms with Crippen LogP contribution in [0.25, 0.3) is 0 Å². The first-order valence-electron chi connectivity index (χ1n) is 5.64. The number of aromatic nitrogens is 1. The first-order valence-corrected chi connectivity index (χ1v) is 6.45. The van der Waals surface area contributed by atoms with E-state index in [9.17, 15) is 9.59 Å². The first kappa shape index (κ1) is 14.0. The van der Waals surface area contributed by atoms with Crippen LogP contribution >= 0.6 is 11.3 Å². The number of rotatable bonds is 4. The molecule has 0 unspecified atom stereocenters. The minimum Gasteiger partial charge on any atom is -0.497 e. The molecule has 0 amide bonds. The summed E-state index contributed by atoms with van der Waals surface area (Å²) in [7, 11) is 2.84. The lowest BCUT2D eigenvalue weighted by atomic mass is 10.3. The van der Waals surface area contributed by atoms with Crippen LogP contribution in [0.4, 0.5) is 10.8 Å². The standard InChI is InChI=1S/C13H12N2O4S/c1-18-9-5-3-8(4-6-9)14-13-15-11(16)7-10(20-13)12(17)19-2/h3-7H,1-2H3,(H,14,15,16). The summed E-state index contributed by atoms with van der Waals surface area (Å²) in [6, 6.07) is 8.26. The van der Waals surface area contributed by atoms with Crippen LogP contribution in [0.2, 0.25) is 0 Å². The molecule has 0 aliphatic rings. The molecule has 1 aromatic carbocycles. The molecule has 0 fully saturated rings. The maximum absolute atomic E-state index is 11.4. The lowest BCUT2D eigenvalue weighted by Crippen LogP contribution is -2.10. The lowest BCUT2D eigenvalue weighted by molar-refractivity contribution is 0.0606. The Morgan fingerprint density at radius 2 is 1.95 bits per heavy atom. The van der Waals surface area contributed by atoms with Crippen molar-refractivity contribution in [2.24, 2.45) is 0 Å². The second-order valence-corrected chi connectivity index (χ2v) is 4.74. The van der Waals surface area contributed by atoms with Gasteiger partial charge >= 0.3 is 5.97 Å². The normalized spacial score (nSPS) is 9.90. The molecule has 0 aliphatic carbocycles. The highest BCUT2D eigenvalue weighted by molar-refractivity contribution is 7.17. The molecular weight excluding hydrogens is 280 g/mol. The number of nitrogens with zero attached hydrogens (tertiary/aromatic N) is 1. The Labute approximate surface area is 119 Å². The Balaban J connectivity index is 2.26. The van der Waals surface area contributed by atoms with Crippen LogP contribution in [0, 0.1) is 0 Å². The molecule has 2 rings (SSSR count). The molecule has 20 heavy (non-hydrogen) atoms. The van der Waals surface area contributed by atoms with E-state index in [1.54, 1.807) is 31.4 Å². The molecule has 0 atom stereocenters. The fourth-order valence-electron chi connectivity index (χ4n) is 1.45. The molecule has 0 saturated heterocycles. The van der Waals surface area contributed by atoms with E-state index in [2.05, 4.69) is 15.0 Å². The van der Waals surface area contributed by atoms with Crippen LogP contribution in [0.1, 0.15) is 9.67 Å². The lowest BCUT2D eigenvalue weighted by Gasteiger charge is -2.06. The zero-order valence-electron chi connectivity index (χ0n) is 10.9. The zero-order valence-corrected chi connectivity index (χ0v) is 11.7. The van der Waals surface area contributed by atoms with Gasteiger partial charge in [-0.1, -0.05) is 11.3 Å². The number of anilines is 2. The molecule has 0 aliphatic heterocycles. The highest BCUT2D eigenvalue weighted by atomic mass is 32.1. The minimum absolute atomic E-state index is 0.198. The summed E-state index contributed by atoms with van der Waals surface area (Å²) >= 11 is 1.05. The van der Waals surface area contributed by atoms with E-state index in [1.165, 1.54) is 7.11 Å². The molecule has 7 heteroatoms. The monoisotopic (exact) mass is 292 g/mol. The van der Waals surface area contributed by atoms with Crippen LogP contribution in [-0.2, 0) is 4.74 Å². The Hall–Kier alpha value is -2.41. The topological polar surface area (TPSA) is 77.5 Å². The fourth-order valence-corrected chi connectivity index (χ4v) is 2.29. The molecular formula is C13H12N2O4S. The van der Waals surface area contributed by atoms with Crippen molar-refractivity contribution >= 4 is 28.1 Å². The van der Waals surface area contributed by atoms with Gasteiger partial charge < -0.3 is 14.8 Å². The van der Waals surface area contributed by atoms with Gasteiger partial charge in [-0.3, -0.25) is 4.79 Å². The number of hydrogen-bond donors (Lipinski definition) is 1. The maximum Gasteiger partial charge on any atom is 0.348 e. The van der Waals surface area contributed by atoms with E-state index in [0.29, 0.717) is 5.13 Å². The van der Waals surface area contributed by atoms with Crippen molar-refractivity contribution in [2.45, 2.75) is 0 Å². The van der Waals surface area contributed by atoms with Crippen molar-refractivity contribution in [1.29, 1.82) is 0 Å². The zero-order chi connectivity index (χ0) is 14.5. The molecule has 0 radical (unpaired) electrons. The third-order valence-corrected chi connectivity index (χ3v) is 3.29. The molecule has 1 aromatic heterocycles. The van der Waals surface area contributed by atoms with Crippen molar-refractivity contribution in [3.63, 3.8) is 0 Å². The van der Waals surface area contributed by atoms with Crippen LogP contribution < -0.4 is 15.6 Å². The SMILES string of the molecule is COC(=O)c1cc(=O)nc(Nc2ccc(OC)cc2)s1. The number of benzene rings is 1. The third-order valence-electron chi connectivity index (χ3n) is 2.40.